The minimum atomic E-state index is -4.01. The molecule has 5 fully saturated rings. The number of rotatable bonds is 9. The van der Waals surface area contributed by atoms with Gasteiger partial charge in [-0.1, -0.05) is 25.1 Å². The predicted octanol–water partition coefficient (Wildman–Crippen LogP) is 4.89. The molecule has 2 aromatic heterocycles. The van der Waals surface area contributed by atoms with Crippen molar-refractivity contribution in [3.63, 3.8) is 0 Å². The number of piperidine rings is 2. The van der Waals surface area contributed by atoms with Crippen molar-refractivity contribution in [2.75, 3.05) is 47.8 Å². The molecule has 4 unspecified atom stereocenters. The molecule has 2 aromatic carbocycles. The molecule has 1 spiro atoms. The van der Waals surface area contributed by atoms with E-state index in [0.717, 1.165) is 73.6 Å². The fraction of sp³-hybridized carbons (Fsp3) is 0.556. The zero-order valence-corrected chi connectivity index (χ0v) is 36.7. The third-order valence-electron chi connectivity index (χ3n) is 14.7. The third-order valence-corrected chi connectivity index (χ3v) is 16.6. The van der Waals surface area contributed by atoms with Crippen LogP contribution < -0.4 is 20.4 Å². The molecule has 7 atom stereocenters. The van der Waals surface area contributed by atoms with Crippen molar-refractivity contribution >= 4 is 56.4 Å². The van der Waals surface area contributed by atoms with Crippen LogP contribution >= 0.6 is 0 Å². The summed E-state index contributed by atoms with van der Waals surface area (Å²) in [6, 6.07) is 11.9. The van der Waals surface area contributed by atoms with Crippen LogP contribution in [0.4, 0.5) is 26.8 Å². The number of alkyl halides is 1. The number of likely N-dealkylation sites (tertiary alicyclic amines) is 1. The smallest absolute Gasteiger partial charge is 0.329 e. The van der Waals surface area contributed by atoms with Gasteiger partial charge in [0.1, 0.15) is 12.0 Å². The molecular formula is C45H55FN10O6S. The van der Waals surface area contributed by atoms with E-state index in [1.807, 2.05) is 19.2 Å². The second-order valence-electron chi connectivity index (χ2n) is 18.7. The van der Waals surface area contributed by atoms with Crippen molar-refractivity contribution in [1.29, 1.82) is 0 Å². The number of aliphatic hydroxyl groups excluding tert-OH is 1. The minimum Gasteiger partial charge on any atom is -0.393 e. The topological polar surface area (TPSA) is 186 Å². The van der Waals surface area contributed by atoms with Crippen LogP contribution in [0.25, 0.3) is 10.9 Å². The number of nitrogens with one attached hydrogen (secondary N) is 2. The summed E-state index contributed by atoms with van der Waals surface area (Å²) in [5, 5.41) is 21.4. The Hall–Kier alpha value is -5.04. The number of benzene rings is 2. The maximum Gasteiger partial charge on any atom is 0.329 e. The third kappa shape index (κ3) is 7.35. The van der Waals surface area contributed by atoms with Crippen molar-refractivity contribution in [3.05, 3.63) is 65.4 Å². The Morgan fingerprint density at radius 2 is 1.83 bits per heavy atom. The number of nitrogens with zero attached hydrogens (tertiary/aromatic N) is 8. The number of fused-ring (bicyclic) bond motifs is 3. The summed E-state index contributed by atoms with van der Waals surface area (Å²) in [4.78, 5) is 53.1. The second-order valence-corrected chi connectivity index (χ2v) is 20.6. The van der Waals surface area contributed by atoms with Gasteiger partial charge < -0.3 is 10.4 Å². The highest BCUT2D eigenvalue weighted by atomic mass is 32.2. The molecule has 334 valence electrons. The van der Waals surface area contributed by atoms with E-state index in [1.165, 1.54) is 14.8 Å². The second kappa shape index (κ2) is 15.9. The van der Waals surface area contributed by atoms with Gasteiger partial charge in [-0.3, -0.25) is 34.3 Å². The number of amides is 4. The first kappa shape index (κ1) is 41.9. The van der Waals surface area contributed by atoms with Gasteiger partial charge in [0.25, 0.3) is 0 Å². The highest BCUT2D eigenvalue weighted by molar-refractivity contribution is 7.89. The lowest BCUT2D eigenvalue weighted by atomic mass is 9.80. The van der Waals surface area contributed by atoms with Gasteiger partial charge in [0.15, 0.2) is 5.82 Å². The van der Waals surface area contributed by atoms with E-state index in [4.69, 9.17) is 4.98 Å². The van der Waals surface area contributed by atoms with Crippen LogP contribution in [0.2, 0.25) is 0 Å². The number of anilines is 3. The molecule has 63 heavy (non-hydrogen) atoms. The van der Waals surface area contributed by atoms with Crippen molar-refractivity contribution < 1.29 is 32.3 Å². The summed E-state index contributed by atoms with van der Waals surface area (Å²) < 4.78 is 47.2. The summed E-state index contributed by atoms with van der Waals surface area (Å²) >= 11 is 0. The number of imide groups is 1. The summed E-state index contributed by atoms with van der Waals surface area (Å²) in [7, 11) is -2.15. The zero-order valence-electron chi connectivity index (χ0n) is 35.9. The molecule has 2 aliphatic carbocycles. The number of aromatic nitrogens is 4. The van der Waals surface area contributed by atoms with Gasteiger partial charge in [0.05, 0.1) is 28.0 Å². The maximum absolute atomic E-state index is 16.0. The van der Waals surface area contributed by atoms with Crippen molar-refractivity contribution in [2.45, 2.75) is 118 Å². The molecule has 16 nitrogen and oxygen atoms in total. The normalized spacial score (nSPS) is 28.4. The lowest BCUT2D eigenvalue weighted by Crippen LogP contribution is -2.50. The van der Waals surface area contributed by atoms with Crippen LogP contribution in [0.5, 0.6) is 0 Å². The van der Waals surface area contributed by atoms with Gasteiger partial charge in [-0.05, 0) is 112 Å². The molecule has 10 rings (SSSR count). The molecule has 0 radical (unpaired) electrons. The van der Waals surface area contributed by atoms with Crippen molar-refractivity contribution in [1.82, 2.24) is 34.3 Å². The van der Waals surface area contributed by atoms with Crippen LogP contribution in [-0.2, 0) is 32.1 Å². The van der Waals surface area contributed by atoms with Crippen LogP contribution in [0.3, 0.4) is 0 Å². The number of hydrogen-bond acceptors (Lipinski definition) is 11. The molecule has 6 heterocycles. The Morgan fingerprint density at radius 3 is 2.57 bits per heavy atom. The number of sulfonamides is 1. The van der Waals surface area contributed by atoms with E-state index < -0.39 is 39.8 Å². The average Bonchev–Trinajstić information content (AvgIpc) is 3.96. The average molecular weight is 883 g/mol. The molecule has 3 saturated heterocycles. The Morgan fingerprint density at radius 1 is 1.00 bits per heavy atom. The summed E-state index contributed by atoms with van der Waals surface area (Å²) in [5.74, 6) is 1.58. The minimum absolute atomic E-state index is 0.0159. The number of hydrogen-bond donors (Lipinski definition) is 3. The largest absolute Gasteiger partial charge is 0.393 e. The van der Waals surface area contributed by atoms with Gasteiger partial charge in [-0.15, -0.1) is 0 Å². The number of aryl methyl sites for hydroxylation is 1. The molecule has 18 heteroatoms. The van der Waals surface area contributed by atoms with E-state index in [9.17, 15) is 27.9 Å². The highest BCUT2D eigenvalue weighted by Crippen LogP contribution is 2.58. The van der Waals surface area contributed by atoms with Gasteiger partial charge in [-0.25, -0.2) is 22.6 Å². The number of urea groups is 1. The first-order valence-electron chi connectivity index (χ1n) is 22.4. The predicted molar refractivity (Wildman–Crippen MR) is 234 cm³/mol. The quantitative estimate of drug-likeness (QED) is 0.208. The van der Waals surface area contributed by atoms with E-state index in [1.54, 1.807) is 34.0 Å². The number of aliphatic hydroxyl groups is 1. The molecule has 2 saturated carbocycles. The SMILES string of the molecule is CC1CN(C(C)c2cccc(S(=O)(=O)N3CCC(Nc4ncc5c(n4)N([C@@H]4CCC[C@@H](O)C4)C(=O)C54CC4)[C@H](F)C3)c2)CCC1c1ccc2c(N3CCC(=O)NC3=O)nn(C)c2c1. The molecule has 6 aliphatic rings. The molecule has 0 bridgehead atoms. The van der Waals surface area contributed by atoms with Crippen molar-refractivity contribution in [2.24, 2.45) is 13.0 Å². The standard InChI is InChI=1S/C45H55FN10O6S/c1-26-24-53(17-12-33(26)29-10-11-34-38(21-29)52(3)51-40(34)55-19-14-39(58)49-44(55)60)27(2)28-6-4-9-32(20-28)63(61,62)54-18-13-37(36(46)25-54)48-43-47-23-35-41(50-43)56(42(59)45(35)15-16-45)30-7-5-8-31(57)22-30/h4,6,9-11,20-21,23,26-27,30-31,33,36-37,57H,5,7-8,12-19,22,24-25H2,1-3H3,(H,47,48,50)(H,49,58,60)/t26?,27?,30-,31-,33?,36-,37?/m1/s1. The highest BCUT2D eigenvalue weighted by Gasteiger charge is 2.61. The summed E-state index contributed by atoms with van der Waals surface area (Å²) in [6.07, 6.45) is 5.33. The molecular weight excluding hydrogens is 828 g/mol. The van der Waals surface area contributed by atoms with Crippen molar-refractivity contribution in [3.8, 4) is 0 Å². The molecule has 4 amide bonds. The Labute approximate surface area is 366 Å². The van der Waals surface area contributed by atoms with Gasteiger partial charge in [0.2, 0.25) is 27.8 Å². The van der Waals surface area contributed by atoms with E-state index in [0.29, 0.717) is 18.1 Å². The number of carbonyl (C=O) groups is 3. The first-order valence-corrected chi connectivity index (χ1v) is 23.9. The number of halogens is 1. The zero-order chi connectivity index (χ0) is 43.9. The fourth-order valence-corrected chi connectivity index (χ4v) is 12.4. The van der Waals surface area contributed by atoms with Crippen LogP contribution in [-0.4, -0.2) is 117 Å². The van der Waals surface area contributed by atoms with E-state index >= 15 is 4.39 Å². The van der Waals surface area contributed by atoms with Gasteiger partial charge >= 0.3 is 6.03 Å². The first-order chi connectivity index (χ1) is 30.2. The van der Waals surface area contributed by atoms with E-state index in [-0.39, 0.29) is 79.1 Å². The Balaban J connectivity index is 0.778. The van der Waals surface area contributed by atoms with E-state index in [2.05, 4.69) is 51.6 Å². The Kier molecular flexibility index (Phi) is 10.6. The van der Waals surface area contributed by atoms with Crippen LogP contribution in [0.1, 0.15) is 100 Å². The maximum atomic E-state index is 16.0. The number of carbonyl (C=O) groups excluding carboxylic acids is 3. The summed E-state index contributed by atoms with van der Waals surface area (Å²) in [6.45, 7) is 6.03. The lowest BCUT2D eigenvalue weighted by molar-refractivity contribution is -0.121. The Bertz CT molecular complexity index is 2600. The van der Waals surface area contributed by atoms with Crippen LogP contribution in [0, 0.1) is 5.92 Å². The van der Waals surface area contributed by atoms with Crippen LogP contribution in [0.15, 0.2) is 53.6 Å². The lowest BCUT2D eigenvalue weighted by Gasteiger charge is -2.40. The molecule has 4 aromatic rings. The summed E-state index contributed by atoms with van der Waals surface area (Å²) in [5.41, 5.74) is 3.19. The monoisotopic (exact) mass is 882 g/mol. The van der Waals surface area contributed by atoms with Gasteiger partial charge in [0, 0.05) is 68.9 Å². The fourth-order valence-electron chi connectivity index (χ4n) is 10.9. The molecule has 3 N–H and O–H groups in total. The van der Waals surface area contributed by atoms with Gasteiger partial charge in [-0.2, -0.15) is 14.4 Å². The molecule has 4 aliphatic heterocycles.